The molecule has 2 atom stereocenters. The molecule has 266 valence electrons. The van der Waals surface area contributed by atoms with E-state index in [4.69, 9.17) is 42.1 Å². The fraction of sp³-hybridized carbons (Fsp3) is 0.444. The number of nitrogens with one attached hydrogen (secondary N) is 2. The van der Waals surface area contributed by atoms with E-state index in [0.717, 1.165) is 42.2 Å². The van der Waals surface area contributed by atoms with Crippen molar-refractivity contribution in [3.63, 3.8) is 0 Å². The highest BCUT2D eigenvalue weighted by molar-refractivity contribution is 6.37. The lowest BCUT2D eigenvalue weighted by atomic mass is 9.91. The van der Waals surface area contributed by atoms with E-state index in [1.807, 2.05) is 36.1 Å². The van der Waals surface area contributed by atoms with Crippen LogP contribution < -0.4 is 24.8 Å². The second-order valence-electron chi connectivity index (χ2n) is 12.1. The molecule has 2 fully saturated rings. The summed E-state index contributed by atoms with van der Waals surface area (Å²) in [6.07, 6.45) is 3.16. The van der Waals surface area contributed by atoms with Gasteiger partial charge >= 0.3 is 0 Å². The minimum absolute atomic E-state index is 0. The van der Waals surface area contributed by atoms with E-state index < -0.39 is 23.7 Å². The number of benzene rings is 3. The van der Waals surface area contributed by atoms with Crippen molar-refractivity contribution in [1.82, 2.24) is 15.5 Å². The Morgan fingerprint density at radius 1 is 0.959 bits per heavy atom. The van der Waals surface area contributed by atoms with Crippen LogP contribution in [0.5, 0.6) is 17.2 Å². The lowest BCUT2D eigenvalue weighted by molar-refractivity contribution is -0.138. The molecule has 0 bridgehead atoms. The smallest absolute Gasteiger partial charge is 0.254 e. The van der Waals surface area contributed by atoms with Crippen molar-refractivity contribution < 1.29 is 32.9 Å². The summed E-state index contributed by atoms with van der Waals surface area (Å²) in [6, 6.07) is 15.0. The Bertz CT molecular complexity index is 1550. The highest BCUT2D eigenvalue weighted by Gasteiger charge is 2.40. The molecule has 2 unspecified atom stereocenters. The molecular formula is C36H43Cl3FN3O6. The van der Waals surface area contributed by atoms with E-state index in [-0.39, 0.29) is 48.9 Å². The number of hydrogen-bond donors (Lipinski definition) is 2. The zero-order valence-corrected chi connectivity index (χ0v) is 30.0. The summed E-state index contributed by atoms with van der Waals surface area (Å²) in [7, 11) is 1.66. The highest BCUT2D eigenvalue weighted by Crippen LogP contribution is 2.35. The lowest BCUT2D eigenvalue weighted by Crippen LogP contribution is -2.55. The summed E-state index contributed by atoms with van der Waals surface area (Å²) in [5.41, 5.74) is 1.71. The topological polar surface area (TPSA) is 98.4 Å². The van der Waals surface area contributed by atoms with E-state index in [1.54, 1.807) is 19.2 Å². The van der Waals surface area contributed by atoms with Crippen molar-refractivity contribution in [1.29, 1.82) is 0 Å². The van der Waals surface area contributed by atoms with Crippen molar-refractivity contribution in [2.45, 2.75) is 51.2 Å². The van der Waals surface area contributed by atoms with E-state index in [9.17, 15) is 9.59 Å². The van der Waals surface area contributed by atoms with Crippen LogP contribution in [0.25, 0.3) is 0 Å². The Balaban J connectivity index is 0.00000541. The molecule has 0 aromatic heterocycles. The van der Waals surface area contributed by atoms with Gasteiger partial charge in [-0.3, -0.25) is 9.59 Å². The number of nitrogens with zero attached hydrogens (tertiary/aromatic N) is 1. The molecule has 5 rings (SSSR count). The summed E-state index contributed by atoms with van der Waals surface area (Å²) < 4.78 is 37.6. The molecule has 3 aromatic rings. The van der Waals surface area contributed by atoms with Crippen molar-refractivity contribution in [3.05, 3.63) is 87.2 Å². The molecule has 1 saturated heterocycles. The molecule has 0 radical (unpaired) electrons. The van der Waals surface area contributed by atoms with Gasteiger partial charge in [0, 0.05) is 56.9 Å². The van der Waals surface area contributed by atoms with E-state index >= 15 is 4.39 Å². The molecule has 9 nitrogen and oxygen atoms in total. The highest BCUT2D eigenvalue weighted by atomic mass is 35.5. The van der Waals surface area contributed by atoms with Crippen LogP contribution in [0.3, 0.4) is 0 Å². The number of piperidine rings is 1. The zero-order valence-electron chi connectivity index (χ0n) is 27.6. The summed E-state index contributed by atoms with van der Waals surface area (Å²) in [5.74, 6) is -0.505. The van der Waals surface area contributed by atoms with Crippen LogP contribution in [-0.4, -0.2) is 75.4 Å². The van der Waals surface area contributed by atoms with Crippen LogP contribution in [0.4, 0.5) is 4.39 Å². The molecule has 2 aliphatic rings. The molecule has 3 aromatic carbocycles. The van der Waals surface area contributed by atoms with Gasteiger partial charge in [-0.2, -0.15) is 0 Å². The van der Waals surface area contributed by atoms with Crippen molar-refractivity contribution in [3.8, 4) is 17.2 Å². The number of carbonyl (C=O) groups excluding carboxylic acids is 2. The van der Waals surface area contributed by atoms with Gasteiger partial charge in [0.1, 0.15) is 30.5 Å². The number of amides is 2. The Kier molecular flexibility index (Phi) is 14.7. The third-order valence-electron chi connectivity index (χ3n) is 8.38. The number of methoxy groups -OCH3 is 1. The molecule has 13 heteroatoms. The second kappa shape index (κ2) is 18.6. The van der Waals surface area contributed by atoms with Gasteiger partial charge in [0.25, 0.3) is 5.91 Å². The first-order valence-electron chi connectivity index (χ1n) is 16.3. The minimum atomic E-state index is -0.728. The molecule has 0 spiro atoms. The maximum atomic E-state index is 15.2. The molecule has 1 aliphatic heterocycles. The van der Waals surface area contributed by atoms with E-state index in [2.05, 4.69) is 10.6 Å². The first kappa shape index (κ1) is 38.5. The van der Waals surface area contributed by atoms with E-state index in [1.165, 1.54) is 12.1 Å². The number of ether oxygens (including phenoxy) is 4. The molecule has 49 heavy (non-hydrogen) atoms. The molecule has 1 saturated carbocycles. The standard InChI is InChI=1S/C36H42Cl2FN3O6.ClH/c1-23-18-29(37)34(30(38)19-23)48-17-16-46-26-10-11-27(31(39)20-26)35(43)41-32-12-13-40-21-28(32)36(44)42(25-8-9-25)22-24-6-3-4-7-33(24)47-15-5-14-45-2;/h3-4,6-7,10-11,18-20,25,28,32,40H,5,8-9,12-17,21-22H2,1-2H3,(H,41,43);1H. The second-order valence-corrected chi connectivity index (χ2v) is 12.9. The fourth-order valence-corrected chi connectivity index (χ4v) is 6.47. The van der Waals surface area contributed by atoms with Crippen molar-refractivity contribution in [2.24, 2.45) is 5.92 Å². The Morgan fingerprint density at radius 2 is 1.69 bits per heavy atom. The normalized spacial score (nSPS) is 17.1. The first-order valence-corrected chi connectivity index (χ1v) is 17.0. The first-order chi connectivity index (χ1) is 23.2. The van der Waals surface area contributed by atoms with Gasteiger partial charge in [-0.15, -0.1) is 12.4 Å². The summed E-state index contributed by atoms with van der Waals surface area (Å²) in [4.78, 5) is 29.3. The fourth-order valence-electron chi connectivity index (χ4n) is 5.76. The van der Waals surface area contributed by atoms with Gasteiger partial charge in [-0.05, 0) is 68.6 Å². The summed E-state index contributed by atoms with van der Waals surface area (Å²) in [5, 5.41) is 7.04. The number of para-hydroxylation sites is 1. The Hall–Kier alpha value is -3.28. The average Bonchev–Trinajstić information content (AvgIpc) is 3.91. The van der Waals surface area contributed by atoms with Gasteiger partial charge in [-0.1, -0.05) is 41.4 Å². The van der Waals surface area contributed by atoms with Gasteiger partial charge in [-0.25, -0.2) is 4.39 Å². The Labute approximate surface area is 303 Å². The average molecular weight is 739 g/mol. The molecule has 2 N–H and O–H groups in total. The largest absolute Gasteiger partial charge is 0.493 e. The monoisotopic (exact) mass is 737 g/mol. The maximum absolute atomic E-state index is 15.2. The van der Waals surface area contributed by atoms with Crippen molar-refractivity contribution in [2.75, 3.05) is 46.6 Å². The number of aryl methyl sites for hydroxylation is 1. The SMILES string of the molecule is COCCCOc1ccccc1CN(C(=O)C1CNCCC1NC(=O)c1ccc(OCCOc2c(Cl)cc(C)cc2Cl)cc1F)C1CC1.Cl. The van der Waals surface area contributed by atoms with Crippen LogP contribution in [0.1, 0.15) is 47.2 Å². The summed E-state index contributed by atoms with van der Waals surface area (Å²) >= 11 is 12.4. The Morgan fingerprint density at radius 3 is 2.41 bits per heavy atom. The molecule has 1 heterocycles. The van der Waals surface area contributed by atoms with Crippen LogP contribution in [0.2, 0.25) is 10.0 Å². The van der Waals surface area contributed by atoms with Crippen LogP contribution in [0.15, 0.2) is 54.6 Å². The van der Waals surface area contributed by atoms with E-state index in [0.29, 0.717) is 55.1 Å². The predicted octanol–water partition coefficient (Wildman–Crippen LogP) is 6.63. The third-order valence-corrected chi connectivity index (χ3v) is 8.94. The minimum Gasteiger partial charge on any atom is -0.493 e. The predicted molar refractivity (Wildman–Crippen MR) is 190 cm³/mol. The summed E-state index contributed by atoms with van der Waals surface area (Å²) in [6.45, 7) is 4.68. The molecule has 1 aliphatic carbocycles. The number of hydrogen-bond acceptors (Lipinski definition) is 7. The number of halogens is 4. The van der Waals surface area contributed by atoms with Gasteiger partial charge < -0.3 is 34.5 Å². The number of rotatable bonds is 16. The maximum Gasteiger partial charge on any atom is 0.254 e. The van der Waals surface area contributed by atoms with Gasteiger partial charge in [0.2, 0.25) is 5.91 Å². The van der Waals surface area contributed by atoms with Gasteiger partial charge in [0.05, 0.1) is 28.1 Å². The van der Waals surface area contributed by atoms with Crippen LogP contribution in [-0.2, 0) is 16.1 Å². The molecular weight excluding hydrogens is 696 g/mol. The zero-order chi connectivity index (χ0) is 34.0. The van der Waals surface area contributed by atoms with Gasteiger partial charge in [0.15, 0.2) is 5.75 Å². The lowest BCUT2D eigenvalue weighted by Gasteiger charge is -2.36. The van der Waals surface area contributed by atoms with Crippen LogP contribution >= 0.6 is 35.6 Å². The number of carbonyl (C=O) groups is 2. The third kappa shape index (κ3) is 10.6. The van der Waals surface area contributed by atoms with Crippen LogP contribution in [0, 0.1) is 18.7 Å². The molecule has 2 amide bonds. The van der Waals surface area contributed by atoms with Crippen molar-refractivity contribution >= 4 is 47.4 Å². The quantitative estimate of drug-likeness (QED) is 0.159.